The van der Waals surface area contributed by atoms with Crippen LogP contribution in [0.2, 0.25) is 0 Å². The fraction of sp³-hybridized carbons (Fsp3) is 0.857. The van der Waals surface area contributed by atoms with E-state index in [1.54, 1.807) is 0 Å². The third-order valence-corrected chi connectivity index (χ3v) is 5.23. The van der Waals surface area contributed by atoms with Crippen LogP contribution in [0.25, 0.3) is 0 Å². The third kappa shape index (κ3) is 15.4. The van der Waals surface area contributed by atoms with Crippen molar-refractivity contribution in [1.82, 2.24) is 0 Å². The maximum absolute atomic E-state index is 11.1. The number of carbonyl (C=O) groups is 1. The van der Waals surface area contributed by atoms with Crippen molar-refractivity contribution in [2.45, 2.75) is 90.5 Å². The van der Waals surface area contributed by atoms with Gasteiger partial charge in [0, 0.05) is 12.5 Å². The quantitative estimate of drug-likeness (QED) is 0.179. The second-order valence-corrected chi connectivity index (χ2v) is 7.69. The number of unbranched alkanes of at least 4 members (excludes halogenated alkanes) is 9. The van der Waals surface area contributed by atoms with Gasteiger partial charge in [0.25, 0.3) is 0 Å². The van der Waals surface area contributed by atoms with Gasteiger partial charge in [0.1, 0.15) is 0 Å². The Kier molecular flexibility index (Phi) is 18.0. The first-order chi connectivity index (χ1) is 11.4. The summed E-state index contributed by atoms with van der Waals surface area (Å²) in [5.41, 5.74) is 0. The lowest BCUT2D eigenvalue weighted by molar-refractivity contribution is -0.913. The average Bonchev–Trinajstić information content (AvgIpc) is 2.56. The third-order valence-electron chi connectivity index (χ3n) is 5.23. The minimum absolute atomic E-state index is 0. The lowest BCUT2D eigenvalue weighted by Crippen LogP contribution is -3.00. The highest BCUT2D eigenvalue weighted by atomic mass is 35.5. The first kappa shape index (κ1) is 26.7. The van der Waals surface area contributed by atoms with E-state index in [0.29, 0.717) is 12.6 Å². The van der Waals surface area contributed by atoms with Crippen LogP contribution in [0, 0.1) is 0 Å². The van der Waals surface area contributed by atoms with Gasteiger partial charge in [0.2, 0.25) is 0 Å². The van der Waals surface area contributed by atoms with Crippen LogP contribution in [0.15, 0.2) is 12.7 Å². The zero-order chi connectivity index (χ0) is 18.3. The van der Waals surface area contributed by atoms with E-state index >= 15 is 0 Å². The normalized spacial score (nSPS) is 12.3. The van der Waals surface area contributed by atoms with Gasteiger partial charge in [-0.15, -0.1) is 0 Å². The molecule has 0 saturated heterocycles. The molecule has 0 amide bonds. The molecule has 0 radical (unpaired) electrons. The molecular weight excluding hydrogens is 334 g/mol. The maximum Gasteiger partial charge on any atom is 0.330 e. The Labute approximate surface area is 163 Å². The fourth-order valence-corrected chi connectivity index (χ4v) is 2.97. The first-order valence-electron chi connectivity index (χ1n) is 10.1. The van der Waals surface area contributed by atoms with Gasteiger partial charge >= 0.3 is 5.97 Å². The van der Waals surface area contributed by atoms with Crippen LogP contribution in [0.5, 0.6) is 0 Å². The molecule has 0 aromatic carbocycles. The predicted octanol–water partition coefficient (Wildman–Crippen LogP) is 2.50. The minimum atomic E-state index is -0.317. The van der Waals surface area contributed by atoms with Crippen LogP contribution in [0.3, 0.4) is 0 Å². The number of carbonyl (C=O) groups excluding carboxylic acids is 1. The Balaban J connectivity index is 0. The van der Waals surface area contributed by atoms with Gasteiger partial charge in [0.05, 0.1) is 33.3 Å². The highest BCUT2D eigenvalue weighted by molar-refractivity contribution is 5.81. The summed E-state index contributed by atoms with van der Waals surface area (Å²) in [6, 6.07) is 0.501. The van der Waals surface area contributed by atoms with Crippen molar-refractivity contribution in [1.29, 1.82) is 0 Å². The summed E-state index contributed by atoms with van der Waals surface area (Å²) in [6.07, 6.45) is 15.9. The minimum Gasteiger partial charge on any atom is -1.00 e. The average molecular weight is 376 g/mol. The van der Waals surface area contributed by atoms with E-state index in [1.165, 1.54) is 76.8 Å². The second-order valence-electron chi connectivity index (χ2n) is 7.69. The molecule has 3 nitrogen and oxygen atoms in total. The summed E-state index contributed by atoms with van der Waals surface area (Å²) in [7, 11) is 4.57. The van der Waals surface area contributed by atoms with Gasteiger partial charge in [-0.3, -0.25) is 0 Å². The Bertz CT molecular complexity index is 332. The molecule has 1 unspecified atom stereocenters. The number of nitrogens with zero attached hydrogens (tertiary/aromatic N) is 1. The number of rotatable bonds is 16. The van der Waals surface area contributed by atoms with Crippen molar-refractivity contribution in [3.8, 4) is 0 Å². The van der Waals surface area contributed by atoms with E-state index in [2.05, 4.69) is 34.5 Å². The van der Waals surface area contributed by atoms with Crippen LogP contribution >= 0.6 is 0 Å². The van der Waals surface area contributed by atoms with Crippen molar-refractivity contribution in [2.24, 2.45) is 0 Å². The Morgan fingerprint density at radius 3 is 1.96 bits per heavy atom. The summed E-state index contributed by atoms with van der Waals surface area (Å²) >= 11 is 0. The zero-order valence-electron chi connectivity index (χ0n) is 17.2. The van der Waals surface area contributed by atoms with Crippen LogP contribution in [0.1, 0.15) is 84.5 Å². The van der Waals surface area contributed by atoms with Crippen molar-refractivity contribution in [2.75, 3.05) is 27.2 Å². The molecular formula is C21H42ClNO2. The summed E-state index contributed by atoms with van der Waals surface area (Å²) in [4.78, 5) is 11.1. The Hall–Kier alpha value is -0.540. The molecule has 0 saturated carbocycles. The van der Waals surface area contributed by atoms with E-state index in [1.807, 2.05) is 0 Å². The summed E-state index contributed by atoms with van der Waals surface area (Å²) < 4.78 is 6.10. The monoisotopic (exact) mass is 375 g/mol. The molecule has 0 aliphatic carbocycles. The zero-order valence-corrected chi connectivity index (χ0v) is 18.0. The molecule has 0 aromatic rings. The van der Waals surface area contributed by atoms with Crippen molar-refractivity contribution in [3.63, 3.8) is 0 Å². The van der Waals surface area contributed by atoms with E-state index in [9.17, 15) is 4.79 Å². The number of esters is 1. The summed E-state index contributed by atoms with van der Waals surface area (Å²) in [5.74, 6) is -0.317. The van der Waals surface area contributed by atoms with Crippen LogP contribution in [0.4, 0.5) is 0 Å². The Morgan fingerprint density at radius 2 is 1.48 bits per heavy atom. The molecule has 0 bridgehead atoms. The standard InChI is InChI=1S/C21H42NO2.ClH/c1-6-8-9-10-11-12-13-14-15-16-18-22(4,5)20(3)17-19-24-21(23)7-2;/h7,20H,2,6,8-19H2,1,3-5H3;1H/q+1;/p-1. The Morgan fingerprint density at radius 1 is 1.00 bits per heavy atom. The van der Waals surface area contributed by atoms with Crippen LogP contribution in [-0.2, 0) is 9.53 Å². The van der Waals surface area contributed by atoms with Gasteiger partial charge in [-0.1, -0.05) is 64.9 Å². The number of ether oxygens (including phenoxy) is 1. The summed E-state index contributed by atoms with van der Waals surface area (Å²) in [5, 5.41) is 0. The molecule has 0 heterocycles. The second kappa shape index (κ2) is 16.9. The molecule has 0 fully saturated rings. The molecule has 0 rings (SSSR count). The smallest absolute Gasteiger partial charge is 0.330 e. The van der Waals surface area contributed by atoms with E-state index in [0.717, 1.165) is 10.9 Å². The first-order valence-corrected chi connectivity index (χ1v) is 10.1. The van der Waals surface area contributed by atoms with E-state index < -0.39 is 0 Å². The van der Waals surface area contributed by atoms with Crippen LogP contribution in [-0.4, -0.2) is 43.7 Å². The number of quaternary nitrogens is 1. The fourth-order valence-electron chi connectivity index (χ4n) is 2.97. The molecule has 25 heavy (non-hydrogen) atoms. The number of hydrogen-bond acceptors (Lipinski definition) is 2. The predicted molar refractivity (Wildman–Crippen MR) is 104 cm³/mol. The topological polar surface area (TPSA) is 26.3 Å². The molecule has 0 aliphatic heterocycles. The highest BCUT2D eigenvalue weighted by Crippen LogP contribution is 2.15. The number of hydrogen-bond donors (Lipinski definition) is 0. The van der Waals surface area contributed by atoms with Gasteiger partial charge in [-0.05, 0) is 19.8 Å². The van der Waals surface area contributed by atoms with Crippen molar-refractivity contribution in [3.05, 3.63) is 12.7 Å². The molecule has 0 N–H and O–H groups in total. The van der Waals surface area contributed by atoms with Gasteiger partial charge < -0.3 is 21.6 Å². The van der Waals surface area contributed by atoms with Gasteiger partial charge in [-0.25, -0.2) is 4.79 Å². The largest absolute Gasteiger partial charge is 1.00 e. The number of halogens is 1. The molecule has 1 atom stereocenters. The molecule has 0 aromatic heterocycles. The molecule has 0 aliphatic rings. The van der Waals surface area contributed by atoms with Gasteiger partial charge in [-0.2, -0.15) is 0 Å². The highest BCUT2D eigenvalue weighted by Gasteiger charge is 2.23. The lowest BCUT2D eigenvalue weighted by atomic mass is 10.1. The summed E-state index contributed by atoms with van der Waals surface area (Å²) in [6.45, 7) is 9.63. The van der Waals surface area contributed by atoms with Crippen LogP contribution < -0.4 is 12.4 Å². The maximum atomic E-state index is 11.1. The molecule has 4 heteroatoms. The lowest BCUT2D eigenvalue weighted by Gasteiger charge is -2.36. The van der Waals surface area contributed by atoms with E-state index in [-0.39, 0.29) is 18.4 Å². The molecule has 150 valence electrons. The van der Waals surface area contributed by atoms with Crippen molar-refractivity contribution >= 4 is 5.97 Å². The van der Waals surface area contributed by atoms with Gasteiger partial charge in [0.15, 0.2) is 0 Å². The van der Waals surface area contributed by atoms with E-state index in [4.69, 9.17) is 4.74 Å². The van der Waals surface area contributed by atoms with Crippen molar-refractivity contribution < 1.29 is 26.4 Å². The molecule has 0 spiro atoms. The SMILES string of the molecule is C=CC(=O)OCCC(C)[N+](C)(C)CCCCCCCCCCCC.[Cl-].